The molecule has 0 aromatic carbocycles. The molecule has 8 nitrogen and oxygen atoms in total. The van der Waals surface area contributed by atoms with Crippen LogP contribution in [0.25, 0.3) is 0 Å². The number of carbonyl (C=O) groups excluding carboxylic acids is 1. The quantitative estimate of drug-likeness (QED) is 0.698. The third-order valence-electron chi connectivity index (χ3n) is 2.58. The standard InChI is InChI=1S/C9H15N5O3S/c1-13-6-8(11-7-13)18(16,17)12-3-5-14-4-2-10-9(14)15/h6-7,12H,2-5H2,1H3,(H,10,15). The molecule has 1 aliphatic heterocycles. The van der Waals surface area contributed by atoms with Crippen molar-refractivity contribution in [2.24, 2.45) is 7.05 Å². The number of urea groups is 1. The summed E-state index contributed by atoms with van der Waals surface area (Å²) in [7, 11) is -1.89. The van der Waals surface area contributed by atoms with E-state index in [-0.39, 0.29) is 17.6 Å². The molecule has 0 radical (unpaired) electrons. The molecule has 2 N–H and O–H groups in total. The molecular weight excluding hydrogens is 258 g/mol. The topological polar surface area (TPSA) is 96.3 Å². The van der Waals surface area contributed by atoms with Gasteiger partial charge in [0.05, 0.1) is 6.33 Å². The number of imidazole rings is 1. The average Bonchev–Trinajstić information content (AvgIpc) is 2.89. The van der Waals surface area contributed by atoms with Crippen LogP contribution in [0.2, 0.25) is 0 Å². The van der Waals surface area contributed by atoms with E-state index in [9.17, 15) is 13.2 Å². The van der Waals surface area contributed by atoms with Crippen LogP contribution in [0, 0.1) is 0 Å². The fraction of sp³-hybridized carbons (Fsp3) is 0.556. The highest BCUT2D eigenvalue weighted by atomic mass is 32.2. The zero-order valence-corrected chi connectivity index (χ0v) is 10.8. The van der Waals surface area contributed by atoms with Crippen molar-refractivity contribution < 1.29 is 13.2 Å². The molecule has 0 unspecified atom stereocenters. The average molecular weight is 273 g/mol. The van der Waals surface area contributed by atoms with Crippen LogP contribution in [0.1, 0.15) is 0 Å². The molecule has 2 rings (SSSR count). The normalized spacial score (nSPS) is 16.1. The number of sulfonamides is 1. The number of nitrogens with one attached hydrogen (secondary N) is 2. The first-order valence-electron chi connectivity index (χ1n) is 5.49. The van der Waals surface area contributed by atoms with Crippen molar-refractivity contribution in [1.82, 2.24) is 24.5 Å². The Bertz CT molecular complexity index is 538. The van der Waals surface area contributed by atoms with Crippen LogP contribution in [0.15, 0.2) is 17.6 Å². The first-order valence-corrected chi connectivity index (χ1v) is 6.98. The highest BCUT2D eigenvalue weighted by Crippen LogP contribution is 2.03. The van der Waals surface area contributed by atoms with Crippen LogP contribution in [0.4, 0.5) is 4.79 Å². The first kappa shape index (κ1) is 12.8. The Morgan fingerprint density at radius 2 is 2.33 bits per heavy atom. The summed E-state index contributed by atoms with van der Waals surface area (Å²) in [6, 6.07) is -0.160. The summed E-state index contributed by atoms with van der Waals surface area (Å²) >= 11 is 0. The minimum atomic E-state index is -3.59. The minimum Gasteiger partial charge on any atom is -0.339 e. The zero-order chi connectivity index (χ0) is 13.2. The van der Waals surface area contributed by atoms with Gasteiger partial charge in [-0.2, -0.15) is 0 Å². The van der Waals surface area contributed by atoms with Gasteiger partial charge in [-0.1, -0.05) is 0 Å². The number of aryl methyl sites for hydroxylation is 1. The molecule has 0 aliphatic carbocycles. The maximum atomic E-state index is 11.8. The van der Waals surface area contributed by atoms with Gasteiger partial charge in [-0.25, -0.2) is 22.9 Å². The SMILES string of the molecule is Cn1cnc(S(=O)(=O)NCCN2CCNC2=O)c1. The van der Waals surface area contributed by atoms with Gasteiger partial charge in [-0.3, -0.25) is 0 Å². The third-order valence-corrected chi connectivity index (χ3v) is 3.92. The third kappa shape index (κ3) is 2.79. The van der Waals surface area contributed by atoms with Gasteiger partial charge in [0, 0.05) is 39.4 Å². The molecule has 1 aromatic heterocycles. The van der Waals surface area contributed by atoms with Crippen LogP contribution in [0.5, 0.6) is 0 Å². The predicted molar refractivity (Wildman–Crippen MR) is 63.4 cm³/mol. The second-order valence-electron chi connectivity index (χ2n) is 3.99. The molecule has 0 bridgehead atoms. The van der Waals surface area contributed by atoms with Gasteiger partial charge in [0.1, 0.15) is 0 Å². The Morgan fingerprint density at radius 3 is 2.89 bits per heavy atom. The van der Waals surface area contributed by atoms with Crippen LogP contribution in [-0.2, 0) is 17.1 Å². The number of amides is 2. The molecule has 0 atom stereocenters. The highest BCUT2D eigenvalue weighted by molar-refractivity contribution is 7.89. The van der Waals surface area contributed by atoms with Gasteiger partial charge in [-0.15, -0.1) is 0 Å². The van der Waals surface area contributed by atoms with Crippen molar-refractivity contribution in [2.75, 3.05) is 26.2 Å². The molecule has 1 aliphatic rings. The second-order valence-corrected chi connectivity index (χ2v) is 5.71. The summed E-state index contributed by atoms with van der Waals surface area (Å²) in [5, 5.41) is 2.63. The van der Waals surface area contributed by atoms with E-state index in [1.807, 2.05) is 0 Å². The largest absolute Gasteiger partial charge is 0.339 e. The van der Waals surface area contributed by atoms with Gasteiger partial charge < -0.3 is 14.8 Å². The van der Waals surface area contributed by atoms with E-state index < -0.39 is 10.0 Å². The molecule has 100 valence electrons. The van der Waals surface area contributed by atoms with Gasteiger partial charge in [0.15, 0.2) is 5.03 Å². The predicted octanol–water partition coefficient (Wildman–Crippen LogP) is -1.28. The van der Waals surface area contributed by atoms with Crippen LogP contribution in [0.3, 0.4) is 0 Å². The van der Waals surface area contributed by atoms with Crippen molar-refractivity contribution in [3.05, 3.63) is 12.5 Å². The Kier molecular flexibility index (Phi) is 3.53. The Hall–Kier alpha value is -1.61. The van der Waals surface area contributed by atoms with Crippen LogP contribution in [-0.4, -0.2) is 55.1 Å². The lowest BCUT2D eigenvalue weighted by Gasteiger charge is -2.13. The summed E-state index contributed by atoms with van der Waals surface area (Å²) in [6.07, 6.45) is 2.84. The van der Waals surface area contributed by atoms with Crippen molar-refractivity contribution in [1.29, 1.82) is 0 Å². The molecule has 1 aromatic rings. The maximum absolute atomic E-state index is 11.8. The van der Waals surface area contributed by atoms with E-state index in [1.54, 1.807) is 16.5 Å². The monoisotopic (exact) mass is 273 g/mol. The summed E-state index contributed by atoms with van der Waals surface area (Å²) in [5.74, 6) is 0. The Morgan fingerprint density at radius 1 is 1.56 bits per heavy atom. The summed E-state index contributed by atoms with van der Waals surface area (Å²) in [5.41, 5.74) is 0. The lowest BCUT2D eigenvalue weighted by Crippen LogP contribution is -2.36. The number of nitrogens with zero attached hydrogens (tertiary/aromatic N) is 3. The number of rotatable bonds is 5. The van der Waals surface area contributed by atoms with E-state index in [0.29, 0.717) is 19.6 Å². The van der Waals surface area contributed by atoms with Crippen molar-refractivity contribution in [3.8, 4) is 0 Å². The van der Waals surface area contributed by atoms with Crippen molar-refractivity contribution in [2.45, 2.75) is 5.03 Å². The molecular formula is C9H15N5O3S. The highest BCUT2D eigenvalue weighted by Gasteiger charge is 2.21. The summed E-state index contributed by atoms with van der Waals surface area (Å²) in [4.78, 5) is 16.6. The molecule has 0 saturated carbocycles. The fourth-order valence-electron chi connectivity index (χ4n) is 1.64. The minimum absolute atomic E-state index is 0.0177. The summed E-state index contributed by atoms with van der Waals surface area (Å²) < 4.78 is 27.6. The van der Waals surface area contributed by atoms with Crippen molar-refractivity contribution in [3.63, 3.8) is 0 Å². The number of hydrogen-bond acceptors (Lipinski definition) is 4. The van der Waals surface area contributed by atoms with Gasteiger partial charge in [0.2, 0.25) is 0 Å². The molecule has 2 amide bonds. The smallest absolute Gasteiger partial charge is 0.317 e. The van der Waals surface area contributed by atoms with Crippen LogP contribution < -0.4 is 10.0 Å². The van der Waals surface area contributed by atoms with E-state index >= 15 is 0 Å². The van der Waals surface area contributed by atoms with E-state index in [4.69, 9.17) is 0 Å². The number of aromatic nitrogens is 2. The fourth-order valence-corrected chi connectivity index (χ4v) is 2.64. The van der Waals surface area contributed by atoms with Crippen molar-refractivity contribution >= 4 is 16.1 Å². The molecule has 18 heavy (non-hydrogen) atoms. The summed E-state index contributed by atoms with van der Waals surface area (Å²) in [6.45, 7) is 1.72. The van der Waals surface area contributed by atoms with E-state index in [1.165, 1.54) is 12.5 Å². The van der Waals surface area contributed by atoms with Gasteiger partial charge in [-0.05, 0) is 0 Å². The number of carbonyl (C=O) groups is 1. The maximum Gasteiger partial charge on any atom is 0.317 e. The first-order chi connectivity index (χ1) is 8.49. The molecule has 1 fully saturated rings. The zero-order valence-electron chi connectivity index (χ0n) is 9.96. The Labute approximate surface area is 105 Å². The van der Waals surface area contributed by atoms with Crippen LogP contribution >= 0.6 is 0 Å². The number of hydrogen-bond donors (Lipinski definition) is 2. The second kappa shape index (κ2) is 4.94. The van der Waals surface area contributed by atoms with E-state index in [2.05, 4.69) is 15.0 Å². The Balaban J connectivity index is 1.88. The molecule has 2 heterocycles. The lowest BCUT2D eigenvalue weighted by atomic mass is 10.5. The molecule has 1 saturated heterocycles. The molecule has 0 spiro atoms. The van der Waals surface area contributed by atoms with E-state index in [0.717, 1.165) is 0 Å². The molecule has 9 heteroatoms. The van der Waals surface area contributed by atoms with Gasteiger partial charge in [0.25, 0.3) is 10.0 Å². The lowest BCUT2D eigenvalue weighted by molar-refractivity contribution is 0.218. The van der Waals surface area contributed by atoms with Gasteiger partial charge >= 0.3 is 6.03 Å².